The lowest BCUT2D eigenvalue weighted by atomic mass is 10.1. The molecule has 0 heterocycles. The van der Waals surface area contributed by atoms with Crippen LogP contribution in [-0.2, 0) is 6.61 Å². The minimum absolute atomic E-state index is 0.00113. The maximum absolute atomic E-state index is 11.0. The molecule has 0 atom stereocenters. The van der Waals surface area contributed by atoms with Gasteiger partial charge >= 0.3 is 5.97 Å². The number of aromatic carboxylic acids is 1. The molecule has 0 unspecified atom stereocenters. The molecule has 2 aromatic carbocycles. The number of carbonyl (C=O) groups is 1. The molecule has 0 aliphatic carbocycles. The number of benzene rings is 2. The van der Waals surface area contributed by atoms with E-state index in [9.17, 15) is 9.90 Å². The van der Waals surface area contributed by atoms with Crippen LogP contribution < -0.4 is 4.74 Å². The topological polar surface area (TPSA) is 87.0 Å². The Morgan fingerprint density at radius 3 is 2.26 bits per heavy atom. The Hall–Kier alpha value is -2.69. The van der Waals surface area contributed by atoms with E-state index >= 15 is 0 Å². The van der Waals surface area contributed by atoms with Crippen molar-refractivity contribution in [1.29, 1.82) is 0 Å². The maximum Gasteiger partial charge on any atom is 0.336 e. The molecule has 0 spiro atoms. The number of hydrogen-bond acceptors (Lipinski definition) is 4. The van der Waals surface area contributed by atoms with Crippen molar-refractivity contribution >= 4 is 5.97 Å². The van der Waals surface area contributed by atoms with Crippen molar-refractivity contribution < 1.29 is 24.9 Å². The standard InChI is InChI=1S/C14H12O5/c15-10-3-5-12(6-4-10)19-8-9-1-2-11(16)7-13(9)14(17)18/h1-7,15-16H,8H2,(H,17,18). The summed E-state index contributed by atoms with van der Waals surface area (Å²) in [4.78, 5) is 11.0. The summed E-state index contributed by atoms with van der Waals surface area (Å²) < 4.78 is 5.42. The van der Waals surface area contributed by atoms with E-state index in [1.165, 1.54) is 30.3 Å². The Labute approximate surface area is 109 Å². The number of phenolic OH excluding ortho intramolecular Hbond substituents is 2. The quantitative estimate of drug-likeness (QED) is 0.785. The minimum atomic E-state index is -1.12. The highest BCUT2D eigenvalue weighted by Gasteiger charge is 2.11. The van der Waals surface area contributed by atoms with Gasteiger partial charge in [-0.25, -0.2) is 4.79 Å². The van der Waals surface area contributed by atoms with Crippen LogP contribution in [0.4, 0.5) is 0 Å². The van der Waals surface area contributed by atoms with Gasteiger partial charge in [-0.3, -0.25) is 0 Å². The van der Waals surface area contributed by atoms with Gasteiger partial charge in [0, 0.05) is 5.56 Å². The first-order valence-electron chi connectivity index (χ1n) is 5.53. The summed E-state index contributed by atoms with van der Waals surface area (Å²) in [5, 5.41) is 27.4. The molecule has 0 aromatic heterocycles. The normalized spacial score (nSPS) is 10.1. The molecule has 5 nitrogen and oxygen atoms in total. The van der Waals surface area contributed by atoms with Crippen molar-refractivity contribution in [2.75, 3.05) is 0 Å². The van der Waals surface area contributed by atoms with E-state index in [1.54, 1.807) is 12.1 Å². The first kappa shape index (κ1) is 12.8. The van der Waals surface area contributed by atoms with Crippen LogP contribution in [0.15, 0.2) is 42.5 Å². The second-order valence-electron chi connectivity index (χ2n) is 3.93. The second-order valence-corrected chi connectivity index (χ2v) is 3.93. The number of aromatic hydroxyl groups is 2. The molecule has 0 bridgehead atoms. The lowest BCUT2D eigenvalue weighted by Gasteiger charge is -2.09. The summed E-state index contributed by atoms with van der Waals surface area (Å²) in [7, 11) is 0. The Morgan fingerprint density at radius 2 is 1.63 bits per heavy atom. The van der Waals surface area contributed by atoms with E-state index in [0.717, 1.165) is 0 Å². The van der Waals surface area contributed by atoms with Crippen molar-refractivity contribution in [3.63, 3.8) is 0 Å². The Morgan fingerprint density at radius 1 is 1.00 bits per heavy atom. The molecule has 0 radical (unpaired) electrons. The average molecular weight is 260 g/mol. The first-order chi connectivity index (χ1) is 9.06. The summed E-state index contributed by atoms with van der Waals surface area (Å²) in [6.45, 7) is 0.0622. The average Bonchev–Trinajstić information content (AvgIpc) is 2.39. The van der Waals surface area contributed by atoms with Crippen molar-refractivity contribution in [3.8, 4) is 17.2 Å². The summed E-state index contributed by atoms with van der Waals surface area (Å²) in [5.74, 6) is -0.587. The van der Waals surface area contributed by atoms with E-state index in [0.29, 0.717) is 11.3 Å². The lowest BCUT2D eigenvalue weighted by molar-refractivity contribution is 0.0693. The van der Waals surface area contributed by atoms with Crippen LogP contribution in [0.1, 0.15) is 15.9 Å². The smallest absolute Gasteiger partial charge is 0.336 e. The van der Waals surface area contributed by atoms with Crippen molar-refractivity contribution in [2.45, 2.75) is 6.61 Å². The number of hydrogen-bond donors (Lipinski definition) is 3. The molecular formula is C14H12O5. The van der Waals surface area contributed by atoms with E-state index in [2.05, 4.69) is 0 Å². The van der Waals surface area contributed by atoms with Crippen molar-refractivity contribution in [3.05, 3.63) is 53.6 Å². The maximum atomic E-state index is 11.0. The zero-order valence-electron chi connectivity index (χ0n) is 9.91. The molecule has 2 aromatic rings. The highest BCUT2D eigenvalue weighted by Crippen LogP contribution is 2.20. The minimum Gasteiger partial charge on any atom is -0.508 e. The molecule has 0 amide bonds. The van der Waals surface area contributed by atoms with Crippen LogP contribution in [-0.4, -0.2) is 21.3 Å². The third-order valence-corrected chi connectivity index (χ3v) is 2.55. The monoisotopic (exact) mass is 260 g/mol. The highest BCUT2D eigenvalue weighted by atomic mass is 16.5. The van der Waals surface area contributed by atoms with Crippen LogP contribution in [0.2, 0.25) is 0 Å². The van der Waals surface area contributed by atoms with Crippen LogP contribution in [0.25, 0.3) is 0 Å². The molecule has 0 fully saturated rings. The summed E-state index contributed by atoms with van der Waals surface area (Å²) in [5.41, 5.74) is 0.456. The predicted octanol–water partition coefficient (Wildman–Crippen LogP) is 2.38. The summed E-state index contributed by atoms with van der Waals surface area (Å²) in [6.07, 6.45) is 0. The third kappa shape index (κ3) is 3.16. The second kappa shape index (κ2) is 5.30. The van der Waals surface area contributed by atoms with E-state index in [4.69, 9.17) is 14.9 Å². The molecule has 2 rings (SSSR count). The van der Waals surface area contributed by atoms with Crippen LogP contribution >= 0.6 is 0 Å². The molecule has 0 saturated carbocycles. The molecule has 0 aliphatic rings. The molecule has 98 valence electrons. The van der Waals surface area contributed by atoms with Gasteiger partial charge in [0.05, 0.1) is 5.56 Å². The third-order valence-electron chi connectivity index (χ3n) is 2.55. The number of carboxylic acid groups (broad SMARTS) is 1. The van der Waals surface area contributed by atoms with Gasteiger partial charge in [-0.2, -0.15) is 0 Å². The lowest BCUT2D eigenvalue weighted by Crippen LogP contribution is -2.05. The van der Waals surface area contributed by atoms with Gasteiger partial charge < -0.3 is 20.1 Å². The molecule has 19 heavy (non-hydrogen) atoms. The molecule has 3 N–H and O–H groups in total. The SMILES string of the molecule is O=C(O)c1cc(O)ccc1COc1ccc(O)cc1. The highest BCUT2D eigenvalue weighted by molar-refractivity contribution is 5.89. The Balaban J connectivity index is 2.15. The zero-order valence-corrected chi connectivity index (χ0v) is 9.91. The van der Waals surface area contributed by atoms with Gasteiger partial charge in [0.2, 0.25) is 0 Å². The first-order valence-corrected chi connectivity index (χ1v) is 5.53. The largest absolute Gasteiger partial charge is 0.508 e. The van der Waals surface area contributed by atoms with E-state index < -0.39 is 5.97 Å². The van der Waals surface area contributed by atoms with Gasteiger partial charge in [0.15, 0.2) is 0 Å². The zero-order chi connectivity index (χ0) is 13.8. The van der Waals surface area contributed by atoms with E-state index in [-0.39, 0.29) is 23.7 Å². The van der Waals surface area contributed by atoms with Gasteiger partial charge in [0.25, 0.3) is 0 Å². The molecular weight excluding hydrogens is 248 g/mol. The fourth-order valence-corrected chi connectivity index (χ4v) is 1.59. The van der Waals surface area contributed by atoms with Gasteiger partial charge in [-0.15, -0.1) is 0 Å². The summed E-state index contributed by atoms with van der Waals surface area (Å²) >= 11 is 0. The number of ether oxygens (including phenoxy) is 1. The number of rotatable bonds is 4. The fraction of sp³-hybridized carbons (Fsp3) is 0.0714. The number of phenols is 2. The Bertz CT molecular complexity index is 589. The van der Waals surface area contributed by atoms with Gasteiger partial charge in [0.1, 0.15) is 23.9 Å². The predicted molar refractivity (Wildman–Crippen MR) is 67.5 cm³/mol. The Kier molecular flexibility index (Phi) is 3.56. The number of carboxylic acids is 1. The molecule has 0 saturated heterocycles. The van der Waals surface area contributed by atoms with Gasteiger partial charge in [-0.05, 0) is 36.4 Å². The van der Waals surface area contributed by atoms with Crippen LogP contribution in [0.3, 0.4) is 0 Å². The molecule has 0 aliphatic heterocycles. The van der Waals surface area contributed by atoms with Crippen molar-refractivity contribution in [2.24, 2.45) is 0 Å². The summed E-state index contributed by atoms with van der Waals surface area (Å²) in [6, 6.07) is 10.2. The van der Waals surface area contributed by atoms with Crippen LogP contribution in [0, 0.1) is 0 Å². The van der Waals surface area contributed by atoms with E-state index in [1.807, 2.05) is 0 Å². The van der Waals surface area contributed by atoms with Gasteiger partial charge in [-0.1, -0.05) is 6.07 Å². The molecule has 5 heteroatoms. The fourth-order valence-electron chi connectivity index (χ4n) is 1.59. The van der Waals surface area contributed by atoms with Crippen molar-refractivity contribution in [1.82, 2.24) is 0 Å². The van der Waals surface area contributed by atoms with Crippen LogP contribution in [0.5, 0.6) is 17.2 Å².